The molecule has 1 saturated heterocycles. The third-order valence-corrected chi connectivity index (χ3v) is 4.98. The highest BCUT2D eigenvalue weighted by Gasteiger charge is 2.15. The quantitative estimate of drug-likeness (QED) is 0.791. The van der Waals surface area contributed by atoms with Crippen LogP contribution in [0.4, 0.5) is 10.2 Å². The van der Waals surface area contributed by atoms with Gasteiger partial charge in [-0.15, -0.1) is 0 Å². The normalized spacial score (nSPS) is 14.8. The molecule has 2 heterocycles. The predicted octanol–water partition coefficient (Wildman–Crippen LogP) is 2.23. The van der Waals surface area contributed by atoms with Crippen LogP contribution in [-0.4, -0.2) is 56.1 Å². The van der Waals surface area contributed by atoms with E-state index in [1.165, 1.54) is 13.2 Å². The van der Waals surface area contributed by atoms with Gasteiger partial charge in [-0.2, -0.15) is 0 Å². The minimum Gasteiger partial charge on any atom is -0.494 e. The summed E-state index contributed by atoms with van der Waals surface area (Å²) in [5.74, 6) is 0.705. The van der Waals surface area contributed by atoms with Crippen LogP contribution in [0.15, 0.2) is 36.5 Å². The Labute approximate surface area is 165 Å². The van der Waals surface area contributed by atoms with Crippen molar-refractivity contribution >= 4 is 11.7 Å². The van der Waals surface area contributed by atoms with Gasteiger partial charge in [-0.3, -0.25) is 4.79 Å². The van der Waals surface area contributed by atoms with Crippen LogP contribution in [0, 0.1) is 5.82 Å². The van der Waals surface area contributed by atoms with E-state index in [-0.39, 0.29) is 11.7 Å². The highest BCUT2D eigenvalue weighted by atomic mass is 19.1. The average molecular weight is 386 g/mol. The fourth-order valence-corrected chi connectivity index (χ4v) is 3.16. The van der Waals surface area contributed by atoms with Crippen LogP contribution in [0.2, 0.25) is 0 Å². The summed E-state index contributed by atoms with van der Waals surface area (Å²) >= 11 is 0. The molecule has 1 N–H and O–H groups in total. The number of nitrogens with one attached hydrogen (secondary N) is 1. The monoisotopic (exact) mass is 386 g/mol. The summed E-state index contributed by atoms with van der Waals surface area (Å²) in [5.41, 5.74) is 1.73. The SMILES string of the molecule is COc1ccc(CCC(=O)NCc2ccc(N3CCN(C)CC3)nc2)cc1F. The average Bonchev–Trinajstić information content (AvgIpc) is 2.72. The number of halogens is 1. The van der Waals surface area contributed by atoms with Gasteiger partial charge in [-0.25, -0.2) is 9.37 Å². The number of nitrogens with zero attached hydrogens (tertiary/aromatic N) is 3. The number of ether oxygens (including phenoxy) is 1. The van der Waals surface area contributed by atoms with Gasteiger partial charge in [0.2, 0.25) is 5.91 Å². The molecule has 3 rings (SSSR count). The van der Waals surface area contributed by atoms with Crippen LogP contribution in [0.5, 0.6) is 5.75 Å². The van der Waals surface area contributed by atoms with Crippen molar-refractivity contribution in [1.82, 2.24) is 15.2 Å². The van der Waals surface area contributed by atoms with Gasteiger partial charge in [-0.1, -0.05) is 12.1 Å². The van der Waals surface area contributed by atoms with Crippen LogP contribution < -0.4 is 15.0 Å². The smallest absolute Gasteiger partial charge is 0.220 e. The minimum atomic E-state index is -0.410. The van der Waals surface area contributed by atoms with Crippen LogP contribution >= 0.6 is 0 Å². The number of hydrogen-bond acceptors (Lipinski definition) is 5. The molecule has 0 saturated carbocycles. The summed E-state index contributed by atoms with van der Waals surface area (Å²) in [6.45, 7) is 4.47. The maximum Gasteiger partial charge on any atom is 0.220 e. The van der Waals surface area contributed by atoms with Crippen molar-refractivity contribution < 1.29 is 13.9 Å². The van der Waals surface area contributed by atoms with Gasteiger partial charge in [-0.05, 0) is 42.8 Å². The molecule has 0 unspecified atom stereocenters. The van der Waals surface area contributed by atoms with Gasteiger partial charge in [0, 0.05) is 45.3 Å². The van der Waals surface area contributed by atoms with Crippen LogP contribution in [-0.2, 0) is 17.8 Å². The third kappa shape index (κ3) is 5.42. The number of carbonyl (C=O) groups excluding carboxylic acids is 1. The molecule has 0 aliphatic carbocycles. The van der Waals surface area contributed by atoms with Gasteiger partial charge in [0.1, 0.15) is 5.82 Å². The summed E-state index contributed by atoms with van der Waals surface area (Å²) < 4.78 is 18.6. The molecular formula is C21H27FN4O2. The molecule has 2 aromatic rings. The molecule has 0 atom stereocenters. The maximum atomic E-state index is 13.7. The fourth-order valence-electron chi connectivity index (χ4n) is 3.16. The number of hydrogen-bond donors (Lipinski definition) is 1. The second-order valence-corrected chi connectivity index (χ2v) is 7.06. The molecule has 1 aliphatic heterocycles. The Hall–Kier alpha value is -2.67. The first kappa shape index (κ1) is 20.1. The Morgan fingerprint density at radius 3 is 2.57 bits per heavy atom. The lowest BCUT2D eigenvalue weighted by Gasteiger charge is -2.33. The van der Waals surface area contributed by atoms with Crippen LogP contribution in [0.25, 0.3) is 0 Å². The molecular weight excluding hydrogens is 359 g/mol. The molecule has 28 heavy (non-hydrogen) atoms. The lowest BCUT2D eigenvalue weighted by molar-refractivity contribution is -0.121. The molecule has 6 nitrogen and oxygen atoms in total. The second kappa shape index (κ2) is 9.50. The van der Waals surface area contributed by atoms with Crippen molar-refractivity contribution in [2.75, 3.05) is 45.2 Å². The van der Waals surface area contributed by atoms with Crippen molar-refractivity contribution in [2.24, 2.45) is 0 Å². The van der Waals surface area contributed by atoms with E-state index in [9.17, 15) is 9.18 Å². The van der Waals surface area contributed by atoms with Crippen molar-refractivity contribution in [2.45, 2.75) is 19.4 Å². The first-order chi connectivity index (χ1) is 13.5. The number of aryl methyl sites for hydroxylation is 1. The number of rotatable bonds is 7. The summed E-state index contributed by atoms with van der Waals surface area (Å²) in [6, 6.07) is 8.77. The Kier molecular flexibility index (Phi) is 6.81. The third-order valence-electron chi connectivity index (χ3n) is 4.98. The molecule has 1 aromatic carbocycles. The van der Waals surface area contributed by atoms with E-state index in [0.29, 0.717) is 19.4 Å². The molecule has 1 fully saturated rings. The van der Waals surface area contributed by atoms with Crippen LogP contribution in [0.1, 0.15) is 17.5 Å². The zero-order chi connectivity index (χ0) is 19.9. The standard InChI is InChI=1S/C21H27FN4O2/c1-25-9-11-26(12-10-25)20-7-4-17(14-23-20)15-24-21(27)8-5-16-3-6-19(28-2)18(22)13-16/h3-4,6-7,13-14H,5,8-12,15H2,1-2H3,(H,24,27). The van der Waals surface area contributed by atoms with Gasteiger partial charge >= 0.3 is 0 Å². The molecule has 150 valence electrons. The Morgan fingerprint density at radius 1 is 1.18 bits per heavy atom. The predicted molar refractivity (Wildman–Crippen MR) is 107 cm³/mol. The van der Waals surface area contributed by atoms with E-state index >= 15 is 0 Å². The Balaban J connectivity index is 1.43. The van der Waals surface area contributed by atoms with Gasteiger partial charge in [0.05, 0.1) is 7.11 Å². The molecule has 1 amide bonds. The van der Waals surface area contributed by atoms with Crippen molar-refractivity contribution in [1.29, 1.82) is 0 Å². The van der Waals surface area contributed by atoms with E-state index in [4.69, 9.17) is 4.74 Å². The highest BCUT2D eigenvalue weighted by molar-refractivity contribution is 5.76. The number of methoxy groups -OCH3 is 1. The van der Waals surface area contributed by atoms with Gasteiger partial charge in [0.25, 0.3) is 0 Å². The second-order valence-electron chi connectivity index (χ2n) is 7.06. The van der Waals surface area contributed by atoms with E-state index in [1.54, 1.807) is 12.1 Å². The number of aromatic nitrogens is 1. The molecule has 7 heteroatoms. The molecule has 1 aromatic heterocycles. The number of likely N-dealkylation sites (N-methyl/N-ethyl adjacent to an activating group) is 1. The van der Waals surface area contributed by atoms with E-state index < -0.39 is 5.82 Å². The molecule has 0 radical (unpaired) electrons. The lowest BCUT2D eigenvalue weighted by Crippen LogP contribution is -2.44. The van der Waals surface area contributed by atoms with Crippen LogP contribution in [0.3, 0.4) is 0 Å². The molecule has 0 bridgehead atoms. The summed E-state index contributed by atoms with van der Waals surface area (Å²) in [6.07, 6.45) is 2.60. The lowest BCUT2D eigenvalue weighted by atomic mass is 10.1. The van der Waals surface area contributed by atoms with Crippen molar-refractivity contribution in [3.05, 3.63) is 53.5 Å². The number of carbonyl (C=O) groups is 1. The Morgan fingerprint density at radius 2 is 1.93 bits per heavy atom. The highest BCUT2D eigenvalue weighted by Crippen LogP contribution is 2.18. The maximum absolute atomic E-state index is 13.7. The summed E-state index contributed by atoms with van der Waals surface area (Å²) in [5, 5.41) is 2.89. The van der Waals surface area contributed by atoms with Crippen molar-refractivity contribution in [3.8, 4) is 5.75 Å². The zero-order valence-electron chi connectivity index (χ0n) is 16.4. The van der Waals surface area contributed by atoms with Gasteiger partial charge in [0.15, 0.2) is 11.6 Å². The Bertz CT molecular complexity index is 789. The first-order valence-corrected chi connectivity index (χ1v) is 9.52. The number of benzene rings is 1. The summed E-state index contributed by atoms with van der Waals surface area (Å²) in [4.78, 5) is 21.2. The minimum absolute atomic E-state index is 0.0700. The van der Waals surface area contributed by atoms with E-state index in [0.717, 1.165) is 43.1 Å². The fraction of sp³-hybridized carbons (Fsp3) is 0.429. The van der Waals surface area contributed by atoms with E-state index in [1.807, 2.05) is 18.3 Å². The topological polar surface area (TPSA) is 57.7 Å². The molecule has 1 aliphatic rings. The zero-order valence-corrected chi connectivity index (χ0v) is 16.4. The number of anilines is 1. The number of piperazine rings is 1. The van der Waals surface area contributed by atoms with Crippen molar-refractivity contribution in [3.63, 3.8) is 0 Å². The number of pyridine rings is 1. The first-order valence-electron chi connectivity index (χ1n) is 9.52. The van der Waals surface area contributed by atoms with E-state index in [2.05, 4.69) is 27.1 Å². The molecule has 0 spiro atoms. The number of amides is 1. The largest absolute Gasteiger partial charge is 0.494 e. The van der Waals surface area contributed by atoms with Gasteiger partial charge < -0.3 is 19.9 Å². The summed E-state index contributed by atoms with van der Waals surface area (Å²) in [7, 11) is 3.56.